The Morgan fingerprint density at radius 1 is 1.21 bits per heavy atom. The lowest BCUT2D eigenvalue weighted by atomic mass is 10.1. The maximum absolute atomic E-state index is 13.0. The van der Waals surface area contributed by atoms with Crippen LogP contribution >= 0.6 is 23.1 Å². The highest BCUT2D eigenvalue weighted by Gasteiger charge is 2.33. The number of hydrogen-bond acceptors (Lipinski definition) is 5. The fourth-order valence-electron chi connectivity index (χ4n) is 3.25. The summed E-state index contributed by atoms with van der Waals surface area (Å²) in [6.45, 7) is 0.761. The van der Waals surface area contributed by atoms with Crippen LogP contribution < -0.4 is 10.2 Å². The summed E-state index contributed by atoms with van der Waals surface area (Å²) in [7, 11) is 0. The fourth-order valence-corrected chi connectivity index (χ4v) is 4.13. The van der Waals surface area contributed by atoms with Crippen molar-refractivity contribution in [3.63, 3.8) is 0 Å². The molecule has 1 aliphatic rings. The molecular weight excluding hydrogens is 399 g/mol. The molecule has 2 aromatic carbocycles. The second-order valence-corrected chi connectivity index (χ2v) is 7.81. The molecular formula is C20H18ClFN4OS. The number of hydrogen-bond donors (Lipinski definition) is 1. The summed E-state index contributed by atoms with van der Waals surface area (Å²) in [5, 5.41) is 4.31. The maximum atomic E-state index is 13.0. The Morgan fingerprint density at radius 2 is 1.96 bits per heavy atom. The minimum absolute atomic E-state index is 0.112. The second kappa shape index (κ2) is 8.24. The summed E-state index contributed by atoms with van der Waals surface area (Å²) in [5.74, 6) is 0.285. The first kappa shape index (κ1) is 18.8. The molecule has 1 amide bonds. The minimum Gasteiger partial charge on any atom is -0.335 e. The molecule has 2 heterocycles. The zero-order chi connectivity index (χ0) is 19.5. The number of benzene rings is 2. The van der Waals surface area contributed by atoms with Gasteiger partial charge in [-0.1, -0.05) is 23.7 Å². The number of halogens is 2. The third-order valence-electron chi connectivity index (χ3n) is 4.65. The standard InChI is InChI=1S/C20H18ClFN4OS/c21-14-5-3-13(4-6-14)12-18-24-20(28-25-18)26-11-1-2-17(26)19(27)23-16-9-7-15(22)8-10-16/h3-10,17H,1-2,11-12H2,(H,23,27)/t17-/m1/s1. The summed E-state index contributed by atoms with van der Waals surface area (Å²) >= 11 is 7.23. The lowest BCUT2D eigenvalue weighted by Crippen LogP contribution is -2.39. The van der Waals surface area contributed by atoms with Crippen LogP contribution in [0.2, 0.25) is 5.02 Å². The van der Waals surface area contributed by atoms with E-state index in [4.69, 9.17) is 11.6 Å². The van der Waals surface area contributed by atoms with Crippen molar-refractivity contribution in [3.05, 3.63) is 70.8 Å². The van der Waals surface area contributed by atoms with E-state index in [-0.39, 0.29) is 17.8 Å². The maximum Gasteiger partial charge on any atom is 0.247 e. The summed E-state index contributed by atoms with van der Waals surface area (Å²) in [6.07, 6.45) is 2.28. The van der Waals surface area contributed by atoms with Gasteiger partial charge in [0.05, 0.1) is 0 Å². The van der Waals surface area contributed by atoms with E-state index in [0.717, 1.165) is 35.9 Å². The third-order valence-corrected chi connectivity index (χ3v) is 5.69. The van der Waals surface area contributed by atoms with Crippen molar-refractivity contribution in [2.24, 2.45) is 0 Å². The molecule has 0 unspecified atom stereocenters. The van der Waals surface area contributed by atoms with Gasteiger partial charge in [-0.15, -0.1) is 0 Å². The highest BCUT2D eigenvalue weighted by Crippen LogP contribution is 2.28. The first-order chi connectivity index (χ1) is 13.6. The monoisotopic (exact) mass is 416 g/mol. The van der Waals surface area contributed by atoms with Gasteiger partial charge in [-0.05, 0) is 54.8 Å². The van der Waals surface area contributed by atoms with E-state index in [9.17, 15) is 9.18 Å². The molecule has 1 atom stereocenters. The summed E-state index contributed by atoms with van der Waals surface area (Å²) in [6, 6.07) is 13.1. The van der Waals surface area contributed by atoms with E-state index in [2.05, 4.69) is 14.7 Å². The van der Waals surface area contributed by atoms with Gasteiger partial charge < -0.3 is 10.2 Å². The van der Waals surface area contributed by atoms with Crippen molar-refractivity contribution < 1.29 is 9.18 Å². The summed E-state index contributed by atoms with van der Waals surface area (Å²) < 4.78 is 17.5. The Hall–Kier alpha value is -2.51. The average molecular weight is 417 g/mol. The van der Waals surface area contributed by atoms with Crippen LogP contribution in [0.4, 0.5) is 15.2 Å². The van der Waals surface area contributed by atoms with Crippen molar-refractivity contribution in [3.8, 4) is 0 Å². The Balaban J connectivity index is 1.44. The zero-order valence-electron chi connectivity index (χ0n) is 14.9. The third kappa shape index (κ3) is 4.31. The van der Waals surface area contributed by atoms with Crippen LogP contribution in [0.5, 0.6) is 0 Å². The van der Waals surface area contributed by atoms with E-state index in [1.54, 1.807) is 12.1 Å². The fraction of sp³-hybridized carbons (Fsp3) is 0.250. The topological polar surface area (TPSA) is 58.1 Å². The zero-order valence-corrected chi connectivity index (χ0v) is 16.5. The lowest BCUT2D eigenvalue weighted by molar-refractivity contribution is -0.117. The van der Waals surface area contributed by atoms with Gasteiger partial charge in [-0.25, -0.2) is 9.37 Å². The number of carbonyl (C=O) groups is 1. The minimum atomic E-state index is -0.331. The number of carbonyl (C=O) groups excluding carboxylic acids is 1. The predicted octanol–water partition coefficient (Wildman–Crippen LogP) is 4.53. The predicted molar refractivity (Wildman–Crippen MR) is 110 cm³/mol. The van der Waals surface area contributed by atoms with Gasteiger partial charge in [0.15, 0.2) is 0 Å². The number of nitrogens with zero attached hydrogens (tertiary/aromatic N) is 3. The van der Waals surface area contributed by atoms with Crippen LogP contribution in [0.25, 0.3) is 0 Å². The van der Waals surface area contributed by atoms with Crippen molar-refractivity contribution in [2.45, 2.75) is 25.3 Å². The van der Waals surface area contributed by atoms with Crippen LogP contribution in [0.3, 0.4) is 0 Å². The Labute approximate surface area is 171 Å². The molecule has 3 aromatic rings. The molecule has 0 aliphatic carbocycles. The van der Waals surface area contributed by atoms with E-state index in [1.807, 2.05) is 29.2 Å². The Bertz CT molecular complexity index is 961. The molecule has 1 saturated heterocycles. The van der Waals surface area contributed by atoms with Crippen LogP contribution in [0.1, 0.15) is 24.2 Å². The van der Waals surface area contributed by atoms with E-state index < -0.39 is 0 Å². The summed E-state index contributed by atoms with van der Waals surface area (Å²) in [5.41, 5.74) is 1.67. The van der Waals surface area contributed by atoms with Gasteiger partial charge in [-0.2, -0.15) is 4.37 Å². The molecule has 0 radical (unpaired) electrons. The van der Waals surface area contributed by atoms with Crippen molar-refractivity contribution in [1.29, 1.82) is 0 Å². The Kier molecular flexibility index (Phi) is 5.54. The van der Waals surface area contributed by atoms with Crippen molar-refractivity contribution in [2.75, 3.05) is 16.8 Å². The van der Waals surface area contributed by atoms with Gasteiger partial charge >= 0.3 is 0 Å². The molecule has 1 aromatic heterocycles. The number of aromatic nitrogens is 2. The van der Waals surface area contributed by atoms with Crippen molar-refractivity contribution >= 4 is 39.9 Å². The van der Waals surface area contributed by atoms with Crippen LogP contribution in [0, 0.1) is 5.82 Å². The molecule has 144 valence electrons. The quantitative estimate of drug-likeness (QED) is 0.664. The molecule has 0 saturated carbocycles. The van der Waals surface area contributed by atoms with Crippen molar-refractivity contribution in [1.82, 2.24) is 9.36 Å². The smallest absolute Gasteiger partial charge is 0.247 e. The van der Waals surface area contributed by atoms with Gasteiger partial charge in [-0.3, -0.25) is 4.79 Å². The van der Waals surface area contributed by atoms with E-state index >= 15 is 0 Å². The normalized spacial score (nSPS) is 16.4. The molecule has 0 bridgehead atoms. The molecule has 0 spiro atoms. The van der Waals surface area contributed by atoms with E-state index in [1.165, 1.54) is 23.7 Å². The van der Waals surface area contributed by atoms with Crippen LogP contribution in [-0.4, -0.2) is 27.9 Å². The average Bonchev–Trinajstić information content (AvgIpc) is 3.34. The highest BCUT2D eigenvalue weighted by atomic mass is 35.5. The molecule has 5 nitrogen and oxygen atoms in total. The molecule has 1 N–H and O–H groups in total. The largest absolute Gasteiger partial charge is 0.335 e. The SMILES string of the molecule is O=C(Nc1ccc(F)cc1)[C@H]1CCCN1c1nc(Cc2ccc(Cl)cc2)ns1. The second-order valence-electron chi connectivity index (χ2n) is 6.64. The first-order valence-electron chi connectivity index (χ1n) is 8.98. The van der Waals surface area contributed by atoms with Gasteiger partial charge in [0.2, 0.25) is 11.0 Å². The number of nitrogens with one attached hydrogen (secondary N) is 1. The lowest BCUT2D eigenvalue weighted by Gasteiger charge is -2.22. The highest BCUT2D eigenvalue weighted by molar-refractivity contribution is 7.09. The number of amides is 1. The number of rotatable bonds is 5. The summed E-state index contributed by atoms with van der Waals surface area (Å²) in [4.78, 5) is 19.3. The molecule has 4 rings (SSSR count). The van der Waals surface area contributed by atoms with Crippen LogP contribution in [0.15, 0.2) is 48.5 Å². The number of anilines is 2. The Morgan fingerprint density at radius 3 is 2.71 bits per heavy atom. The molecule has 28 heavy (non-hydrogen) atoms. The first-order valence-corrected chi connectivity index (χ1v) is 10.1. The van der Waals surface area contributed by atoms with Crippen LogP contribution in [-0.2, 0) is 11.2 Å². The molecule has 1 fully saturated rings. The molecule has 8 heteroatoms. The molecule has 1 aliphatic heterocycles. The van der Waals surface area contributed by atoms with Gasteiger partial charge in [0, 0.05) is 35.2 Å². The van der Waals surface area contributed by atoms with E-state index in [0.29, 0.717) is 17.1 Å². The van der Waals surface area contributed by atoms with Gasteiger partial charge in [0.25, 0.3) is 0 Å². The van der Waals surface area contributed by atoms with Gasteiger partial charge in [0.1, 0.15) is 17.7 Å².